The summed E-state index contributed by atoms with van der Waals surface area (Å²) < 4.78 is 0. The Hall–Kier alpha value is -0.0800. The van der Waals surface area contributed by atoms with Crippen LogP contribution in [0.25, 0.3) is 0 Å². The summed E-state index contributed by atoms with van der Waals surface area (Å²) >= 11 is 0. The molecule has 0 aliphatic rings. The predicted octanol–water partition coefficient (Wildman–Crippen LogP) is 9.72. The Labute approximate surface area is 199 Å². The van der Waals surface area contributed by atoms with Gasteiger partial charge in [0.1, 0.15) is 0 Å². The number of hydrogen-bond acceptors (Lipinski definition) is 2. The molecule has 31 heavy (non-hydrogen) atoms. The molecule has 1 N–H and O–H groups in total. The molecule has 0 amide bonds. The van der Waals surface area contributed by atoms with E-state index in [9.17, 15) is 0 Å². The lowest BCUT2D eigenvalue weighted by molar-refractivity contribution is 0.265. The zero-order valence-corrected chi connectivity index (χ0v) is 23.1. The molecule has 0 rings (SSSR count). The Morgan fingerprint density at radius 3 is 0.968 bits per heavy atom. The van der Waals surface area contributed by atoms with Crippen molar-refractivity contribution in [2.75, 3.05) is 20.6 Å². The molecule has 190 valence electrons. The van der Waals surface area contributed by atoms with Crippen LogP contribution in [0, 0.1) is 0 Å². The summed E-state index contributed by atoms with van der Waals surface area (Å²) in [5.41, 5.74) is 0. The fraction of sp³-hybridized carbons (Fsp3) is 1.00. The highest BCUT2D eigenvalue weighted by Crippen LogP contribution is 2.14. The van der Waals surface area contributed by atoms with Crippen molar-refractivity contribution in [3.63, 3.8) is 0 Å². The molecule has 0 aliphatic carbocycles. The first kappa shape index (κ1) is 33.1. The van der Waals surface area contributed by atoms with Gasteiger partial charge in [-0.1, -0.05) is 149 Å². The number of unbranched alkanes of at least 4 members (excludes halogenated alkanes) is 19. The summed E-state index contributed by atoms with van der Waals surface area (Å²) in [5.74, 6) is 0. The Kier molecular flexibility index (Phi) is 31.9. The van der Waals surface area contributed by atoms with Crippen LogP contribution in [0.1, 0.15) is 163 Å². The highest BCUT2D eigenvalue weighted by molar-refractivity contribution is 4.56. The molecule has 2 heteroatoms. The molecule has 1 unspecified atom stereocenters. The standard InChI is InChI=1S/C20H42.C9H22N2/c1-3-5-7-9-11-13-15-17-19-20-18-16-14-12-10-8-6-4-2;1-5-6-7-8-10-9(2)11(3)4/h3-20H2,1-2H3;9-10H,5-8H2,1-4H3. The van der Waals surface area contributed by atoms with E-state index >= 15 is 0 Å². The lowest BCUT2D eigenvalue weighted by atomic mass is 10.0. The van der Waals surface area contributed by atoms with E-state index < -0.39 is 0 Å². The van der Waals surface area contributed by atoms with Gasteiger partial charge in [0.25, 0.3) is 0 Å². The van der Waals surface area contributed by atoms with E-state index in [-0.39, 0.29) is 0 Å². The lowest BCUT2D eigenvalue weighted by Crippen LogP contribution is -2.39. The minimum Gasteiger partial charge on any atom is -0.302 e. The van der Waals surface area contributed by atoms with Crippen molar-refractivity contribution in [2.24, 2.45) is 0 Å². The molecule has 2 nitrogen and oxygen atoms in total. The van der Waals surface area contributed by atoms with Crippen molar-refractivity contribution in [2.45, 2.75) is 169 Å². The van der Waals surface area contributed by atoms with Gasteiger partial charge in [0.05, 0.1) is 6.17 Å². The van der Waals surface area contributed by atoms with Gasteiger partial charge >= 0.3 is 0 Å². The van der Waals surface area contributed by atoms with Gasteiger partial charge in [0.2, 0.25) is 0 Å². The maximum atomic E-state index is 3.44. The molecule has 0 aliphatic heterocycles. The van der Waals surface area contributed by atoms with Crippen molar-refractivity contribution in [1.29, 1.82) is 0 Å². The van der Waals surface area contributed by atoms with Gasteiger partial charge in [-0.25, -0.2) is 0 Å². The molecule has 0 saturated heterocycles. The monoisotopic (exact) mass is 441 g/mol. The van der Waals surface area contributed by atoms with E-state index in [1.165, 1.54) is 135 Å². The third-order valence-corrected chi connectivity index (χ3v) is 6.45. The Bertz CT molecular complexity index is 272. The van der Waals surface area contributed by atoms with Gasteiger partial charge in [0.15, 0.2) is 0 Å². The number of nitrogens with one attached hydrogen (secondary N) is 1. The smallest absolute Gasteiger partial charge is 0.0562 e. The minimum absolute atomic E-state index is 0.506. The van der Waals surface area contributed by atoms with Crippen LogP contribution in [0.15, 0.2) is 0 Å². The maximum Gasteiger partial charge on any atom is 0.0562 e. The second-order valence-corrected chi connectivity index (χ2v) is 9.96. The van der Waals surface area contributed by atoms with Gasteiger partial charge in [-0.15, -0.1) is 0 Å². The number of nitrogens with zero attached hydrogens (tertiary/aromatic N) is 1. The molecule has 0 radical (unpaired) electrons. The topological polar surface area (TPSA) is 15.3 Å². The molecule has 0 aromatic heterocycles. The van der Waals surface area contributed by atoms with Gasteiger partial charge in [0, 0.05) is 0 Å². The van der Waals surface area contributed by atoms with Crippen molar-refractivity contribution in [3.8, 4) is 0 Å². The summed E-state index contributed by atoms with van der Waals surface area (Å²) in [6, 6.07) is 0. The van der Waals surface area contributed by atoms with Gasteiger partial charge < -0.3 is 5.32 Å². The second-order valence-electron chi connectivity index (χ2n) is 9.96. The Balaban J connectivity index is 0. The van der Waals surface area contributed by atoms with Crippen LogP contribution in [-0.4, -0.2) is 31.7 Å². The normalized spacial score (nSPS) is 12.1. The van der Waals surface area contributed by atoms with Crippen LogP contribution in [0.3, 0.4) is 0 Å². The van der Waals surface area contributed by atoms with Gasteiger partial charge in [-0.2, -0.15) is 0 Å². The predicted molar refractivity (Wildman–Crippen MR) is 145 cm³/mol. The minimum atomic E-state index is 0.506. The van der Waals surface area contributed by atoms with Crippen LogP contribution in [0.5, 0.6) is 0 Å². The average molecular weight is 441 g/mol. The Morgan fingerprint density at radius 1 is 0.452 bits per heavy atom. The summed E-state index contributed by atoms with van der Waals surface area (Å²) in [6.07, 6.45) is 30.9. The van der Waals surface area contributed by atoms with E-state index in [0.717, 1.165) is 6.54 Å². The van der Waals surface area contributed by atoms with Crippen molar-refractivity contribution in [1.82, 2.24) is 10.2 Å². The first-order valence-corrected chi connectivity index (χ1v) is 14.5. The van der Waals surface area contributed by atoms with Crippen LogP contribution in [0.2, 0.25) is 0 Å². The summed E-state index contributed by atoms with van der Waals surface area (Å²) in [7, 11) is 4.19. The molecule has 0 aromatic carbocycles. The van der Waals surface area contributed by atoms with E-state index in [1.54, 1.807) is 0 Å². The molecule has 0 heterocycles. The van der Waals surface area contributed by atoms with Crippen LogP contribution in [0.4, 0.5) is 0 Å². The van der Waals surface area contributed by atoms with Gasteiger partial charge in [-0.3, -0.25) is 4.90 Å². The molecule has 0 aromatic rings. The first-order valence-electron chi connectivity index (χ1n) is 14.5. The summed E-state index contributed by atoms with van der Waals surface area (Å²) in [5, 5.41) is 3.44. The largest absolute Gasteiger partial charge is 0.302 e. The third-order valence-electron chi connectivity index (χ3n) is 6.45. The molecular weight excluding hydrogens is 376 g/mol. The molecule has 0 saturated carbocycles. The number of hydrogen-bond donors (Lipinski definition) is 1. The van der Waals surface area contributed by atoms with Crippen molar-refractivity contribution >= 4 is 0 Å². The quantitative estimate of drug-likeness (QED) is 0.126. The first-order chi connectivity index (χ1) is 15.1. The summed E-state index contributed by atoms with van der Waals surface area (Å²) in [4.78, 5) is 2.19. The molecule has 1 atom stereocenters. The van der Waals surface area contributed by atoms with E-state index in [2.05, 4.69) is 52.0 Å². The Morgan fingerprint density at radius 2 is 0.710 bits per heavy atom. The van der Waals surface area contributed by atoms with Crippen LogP contribution < -0.4 is 5.32 Å². The molecule has 0 bridgehead atoms. The third kappa shape index (κ3) is 32.2. The fourth-order valence-electron chi connectivity index (χ4n) is 3.84. The highest BCUT2D eigenvalue weighted by atomic mass is 15.2. The molecule has 0 fully saturated rings. The van der Waals surface area contributed by atoms with E-state index in [0.29, 0.717) is 6.17 Å². The van der Waals surface area contributed by atoms with Gasteiger partial charge in [-0.05, 0) is 34.0 Å². The maximum absolute atomic E-state index is 3.44. The van der Waals surface area contributed by atoms with Crippen LogP contribution >= 0.6 is 0 Å². The lowest BCUT2D eigenvalue weighted by Gasteiger charge is -2.20. The zero-order valence-electron chi connectivity index (χ0n) is 23.1. The highest BCUT2D eigenvalue weighted by Gasteiger charge is 2.00. The van der Waals surface area contributed by atoms with Crippen molar-refractivity contribution < 1.29 is 0 Å². The number of rotatable bonds is 23. The van der Waals surface area contributed by atoms with E-state index in [4.69, 9.17) is 0 Å². The fourth-order valence-corrected chi connectivity index (χ4v) is 3.84. The van der Waals surface area contributed by atoms with E-state index in [1.807, 2.05) is 0 Å². The molecular formula is C29H64N2. The zero-order chi connectivity index (χ0) is 23.4. The summed E-state index contributed by atoms with van der Waals surface area (Å²) in [6.45, 7) is 10.2. The molecule has 0 spiro atoms. The SMILES string of the molecule is CCCCCCCCCCCCCCCCCCCC.CCCCCNC(C)N(C)C. The average Bonchev–Trinajstić information content (AvgIpc) is 2.76. The van der Waals surface area contributed by atoms with Crippen molar-refractivity contribution in [3.05, 3.63) is 0 Å². The second kappa shape index (κ2) is 29.9. The van der Waals surface area contributed by atoms with Crippen LogP contribution in [-0.2, 0) is 0 Å².